The molecule has 0 aliphatic heterocycles. The van der Waals surface area contributed by atoms with Gasteiger partial charge < -0.3 is 9.47 Å². The molecule has 1 aliphatic carbocycles. The number of hydrogen-bond donors (Lipinski definition) is 0. The van der Waals surface area contributed by atoms with Crippen molar-refractivity contribution in [2.45, 2.75) is 25.8 Å². The highest BCUT2D eigenvalue weighted by molar-refractivity contribution is 14.1. The summed E-state index contributed by atoms with van der Waals surface area (Å²) >= 11 is 2.27. The normalized spacial score (nSPS) is 12.9. The summed E-state index contributed by atoms with van der Waals surface area (Å²) in [5, 5.41) is 4.76. The second-order valence-corrected chi connectivity index (χ2v) is 8.52. The van der Waals surface area contributed by atoms with Crippen LogP contribution in [0.3, 0.4) is 0 Å². The van der Waals surface area contributed by atoms with E-state index in [1.807, 2.05) is 16.8 Å². The first-order chi connectivity index (χ1) is 14.7. The number of nitrogens with zero attached hydrogens (tertiary/aromatic N) is 3. The molecule has 4 aromatic rings. The van der Waals surface area contributed by atoms with Crippen molar-refractivity contribution in [2.75, 3.05) is 14.2 Å². The van der Waals surface area contributed by atoms with Gasteiger partial charge in [0.05, 0.1) is 26.3 Å². The molecular formula is C24H22IN3O2. The van der Waals surface area contributed by atoms with E-state index in [1.54, 1.807) is 14.2 Å². The quantitative estimate of drug-likeness (QED) is 0.343. The van der Waals surface area contributed by atoms with Crippen molar-refractivity contribution in [1.82, 2.24) is 14.8 Å². The maximum Gasteiger partial charge on any atom is 0.149 e. The summed E-state index contributed by atoms with van der Waals surface area (Å²) in [5.41, 5.74) is 7.97. The average molecular weight is 511 g/mol. The molecule has 152 valence electrons. The molecule has 2 aromatic carbocycles. The van der Waals surface area contributed by atoms with E-state index in [1.165, 1.54) is 23.1 Å². The summed E-state index contributed by atoms with van der Waals surface area (Å²) in [4.78, 5) is 5.05. The SMILES string of the molecule is COc1ccc(Cn2nc(I)c3nc(-c4cccc5c4CCC5)c(OC)cc32)cc1. The van der Waals surface area contributed by atoms with Crippen LogP contribution in [0.1, 0.15) is 23.1 Å². The number of rotatable bonds is 5. The number of aromatic nitrogens is 3. The third-order valence-electron chi connectivity index (χ3n) is 5.76. The van der Waals surface area contributed by atoms with Crippen LogP contribution < -0.4 is 9.47 Å². The zero-order chi connectivity index (χ0) is 20.7. The lowest BCUT2D eigenvalue weighted by atomic mass is 9.99. The van der Waals surface area contributed by atoms with Crippen molar-refractivity contribution >= 4 is 33.6 Å². The molecule has 0 radical (unpaired) electrons. The van der Waals surface area contributed by atoms with Crippen molar-refractivity contribution in [2.24, 2.45) is 0 Å². The first-order valence-electron chi connectivity index (χ1n) is 10.0. The Balaban J connectivity index is 1.61. The van der Waals surface area contributed by atoms with Gasteiger partial charge in [0.2, 0.25) is 0 Å². The molecule has 30 heavy (non-hydrogen) atoms. The van der Waals surface area contributed by atoms with Gasteiger partial charge in [-0.1, -0.05) is 30.3 Å². The molecule has 0 atom stereocenters. The summed E-state index contributed by atoms with van der Waals surface area (Å²) < 4.78 is 13.9. The molecule has 0 amide bonds. The topological polar surface area (TPSA) is 49.2 Å². The highest BCUT2D eigenvalue weighted by atomic mass is 127. The third-order valence-corrected chi connectivity index (χ3v) is 6.49. The summed E-state index contributed by atoms with van der Waals surface area (Å²) in [6.45, 7) is 0.661. The van der Waals surface area contributed by atoms with Crippen molar-refractivity contribution in [3.63, 3.8) is 0 Å². The lowest BCUT2D eigenvalue weighted by molar-refractivity contribution is 0.414. The molecule has 2 aromatic heterocycles. The van der Waals surface area contributed by atoms with Crippen LogP contribution in [-0.4, -0.2) is 29.0 Å². The number of pyridine rings is 1. The van der Waals surface area contributed by atoms with E-state index in [-0.39, 0.29) is 0 Å². The van der Waals surface area contributed by atoms with E-state index >= 15 is 0 Å². The minimum absolute atomic E-state index is 0.661. The monoisotopic (exact) mass is 511 g/mol. The summed E-state index contributed by atoms with van der Waals surface area (Å²) in [6, 6.07) is 16.7. The van der Waals surface area contributed by atoms with Gasteiger partial charge in [0.25, 0.3) is 0 Å². The Morgan fingerprint density at radius 1 is 1.03 bits per heavy atom. The Hall–Kier alpha value is -2.61. The van der Waals surface area contributed by atoms with Gasteiger partial charge in [-0.15, -0.1) is 0 Å². The number of aryl methyl sites for hydroxylation is 1. The van der Waals surface area contributed by atoms with Crippen LogP contribution >= 0.6 is 22.6 Å². The fraction of sp³-hybridized carbons (Fsp3) is 0.250. The number of fused-ring (bicyclic) bond motifs is 2. The lowest BCUT2D eigenvalue weighted by Crippen LogP contribution is -2.02. The molecular weight excluding hydrogens is 489 g/mol. The minimum atomic E-state index is 0.661. The number of hydrogen-bond acceptors (Lipinski definition) is 4. The van der Waals surface area contributed by atoms with Crippen LogP contribution in [0.4, 0.5) is 0 Å². The van der Waals surface area contributed by atoms with Crippen LogP contribution in [0.15, 0.2) is 48.5 Å². The maximum absolute atomic E-state index is 5.79. The lowest BCUT2D eigenvalue weighted by Gasteiger charge is -2.13. The molecule has 0 bridgehead atoms. The Labute approximate surface area is 189 Å². The van der Waals surface area contributed by atoms with Gasteiger partial charge in [-0.3, -0.25) is 4.68 Å². The van der Waals surface area contributed by atoms with Gasteiger partial charge in [-0.2, -0.15) is 5.10 Å². The molecule has 0 spiro atoms. The van der Waals surface area contributed by atoms with Crippen molar-refractivity contribution in [3.8, 4) is 22.8 Å². The van der Waals surface area contributed by atoms with E-state index in [0.29, 0.717) is 6.54 Å². The van der Waals surface area contributed by atoms with Crippen LogP contribution in [0, 0.1) is 3.70 Å². The van der Waals surface area contributed by atoms with Gasteiger partial charge in [0.15, 0.2) is 0 Å². The second-order valence-electron chi connectivity index (χ2n) is 7.50. The fourth-order valence-corrected chi connectivity index (χ4v) is 4.91. The predicted octanol–water partition coefficient (Wildman–Crippen LogP) is 5.26. The minimum Gasteiger partial charge on any atom is -0.497 e. The number of halogens is 1. The Bertz CT molecular complexity index is 1230. The maximum atomic E-state index is 5.79. The van der Waals surface area contributed by atoms with Crippen molar-refractivity contribution in [3.05, 3.63) is 68.9 Å². The third kappa shape index (κ3) is 3.33. The molecule has 2 heterocycles. The second kappa shape index (κ2) is 7.91. The molecule has 1 aliphatic rings. The summed E-state index contributed by atoms with van der Waals surface area (Å²) in [6.07, 6.45) is 3.45. The molecule has 0 saturated heterocycles. The molecule has 6 heteroatoms. The van der Waals surface area contributed by atoms with Gasteiger partial charge in [-0.05, 0) is 70.7 Å². The number of ether oxygens (including phenoxy) is 2. The van der Waals surface area contributed by atoms with E-state index in [9.17, 15) is 0 Å². The van der Waals surface area contributed by atoms with Gasteiger partial charge in [0.1, 0.15) is 26.4 Å². The van der Waals surface area contributed by atoms with Gasteiger partial charge in [0, 0.05) is 11.6 Å². The van der Waals surface area contributed by atoms with Crippen molar-refractivity contribution < 1.29 is 9.47 Å². The predicted molar refractivity (Wildman–Crippen MR) is 126 cm³/mol. The van der Waals surface area contributed by atoms with E-state index in [2.05, 4.69) is 59.0 Å². The highest BCUT2D eigenvalue weighted by Gasteiger charge is 2.21. The number of benzene rings is 2. The standard InChI is InChI=1S/C24H22IN3O2/c1-29-17-11-9-15(10-12-17)14-28-20-13-21(30-2)22(26-23(20)24(25)27-28)19-8-4-6-16-5-3-7-18(16)19/h4,6,8-13H,3,5,7,14H2,1-2H3. The smallest absolute Gasteiger partial charge is 0.149 e. The summed E-state index contributed by atoms with van der Waals surface area (Å²) in [7, 11) is 3.39. The number of methoxy groups -OCH3 is 2. The molecule has 5 rings (SSSR count). The largest absolute Gasteiger partial charge is 0.497 e. The van der Waals surface area contributed by atoms with Crippen LogP contribution in [-0.2, 0) is 19.4 Å². The van der Waals surface area contributed by atoms with Gasteiger partial charge in [-0.25, -0.2) is 4.98 Å². The Morgan fingerprint density at radius 2 is 1.87 bits per heavy atom. The summed E-state index contributed by atoms with van der Waals surface area (Å²) in [5.74, 6) is 1.64. The zero-order valence-corrected chi connectivity index (χ0v) is 19.1. The fourth-order valence-electron chi connectivity index (χ4n) is 4.26. The van der Waals surface area contributed by atoms with Crippen LogP contribution in [0.5, 0.6) is 11.5 Å². The average Bonchev–Trinajstić information content (AvgIpc) is 3.38. The zero-order valence-electron chi connectivity index (χ0n) is 17.0. The van der Waals surface area contributed by atoms with E-state index in [4.69, 9.17) is 19.6 Å². The Kier molecular flexibility index (Phi) is 5.10. The van der Waals surface area contributed by atoms with Gasteiger partial charge >= 0.3 is 0 Å². The van der Waals surface area contributed by atoms with Crippen LogP contribution in [0.2, 0.25) is 0 Å². The highest BCUT2D eigenvalue weighted by Crippen LogP contribution is 2.38. The molecule has 0 unspecified atom stereocenters. The molecule has 5 nitrogen and oxygen atoms in total. The van der Waals surface area contributed by atoms with Crippen molar-refractivity contribution in [1.29, 1.82) is 0 Å². The molecule has 0 saturated carbocycles. The Morgan fingerprint density at radius 3 is 2.63 bits per heavy atom. The van der Waals surface area contributed by atoms with Crippen LogP contribution in [0.25, 0.3) is 22.3 Å². The molecule has 0 N–H and O–H groups in total. The van der Waals surface area contributed by atoms with E-state index < -0.39 is 0 Å². The first-order valence-corrected chi connectivity index (χ1v) is 11.1. The first kappa shape index (κ1) is 19.4. The molecule has 0 fully saturated rings. The van der Waals surface area contributed by atoms with E-state index in [0.717, 1.165) is 50.3 Å².